The maximum absolute atomic E-state index is 12.5. The largest absolute Gasteiger partial charge is 0.349 e. The van der Waals surface area contributed by atoms with E-state index < -0.39 is 0 Å². The molecule has 26 heavy (non-hydrogen) atoms. The first-order valence-electron chi connectivity index (χ1n) is 8.68. The molecule has 0 radical (unpaired) electrons. The molecule has 1 amide bonds. The van der Waals surface area contributed by atoms with E-state index in [1.807, 2.05) is 12.1 Å². The highest BCUT2D eigenvalue weighted by molar-refractivity contribution is 5.94. The van der Waals surface area contributed by atoms with Crippen LogP contribution in [0.15, 0.2) is 36.9 Å². The molecular formula is C17H20N8O. The zero-order valence-electron chi connectivity index (χ0n) is 14.5. The average molecular weight is 352 g/mol. The van der Waals surface area contributed by atoms with Crippen LogP contribution in [0.5, 0.6) is 0 Å². The second-order valence-corrected chi connectivity index (χ2v) is 6.57. The van der Waals surface area contributed by atoms with Gasteiger partial charge in [0.25, 0.3) is 5.91 Å². The van der Waals surface area contributed by atoms with Gasteiger partial charge in [-0.1, -0.05) is 12.1 Å². The number of amides is 1. The molecule has 0 aliphatic heterocycles. The van der Waals surface area contributed by atoms with Gasteiger partial charge in [-0.25, -0.2) is 0 Å². The van der Waals surface area contributed by atoms with Crippen LogP contribution in [-0.4, -0.2) is 46.9 Å². The molecule has 1 aliphatic rings. The summed E-state index contributed by atoms with van der Waals surface area (Å²) in [5.41, 5.74) is 1.47. The molecular weight excluding hydrogens is 332 g/mol. The molecule has 134 valence electrons. The summed E-state index contributed by atoms with van der Waals surface area (Å²) in [6.07, 6.45) is 7.46. The molecule has 2 heterocycles. The Bertz CT molecular complexity index is 863. The van der Waals surface area contributed by atoms with Gasteiger partial charge in [0.15, 0.2) is 0 Å². The Hall–Kier alpha value is -3.10. The van der Waals surface area contributed by atoms with Crippen molar-refractivity contribution < 1.29 is 4.79 Å². The van der Waals surface area contributed by atoms with Crippen LogP contribution >= 0.6 is 0 Å². The summed E-state index contributed by atoms with van der Waals surface area (Å²) in [6.45, 7) is 0. The van der Waals surface area contributed by atoms with Crippen LogP contribution in [0.25, 0.3) is 11.4 Å². The van der Waals surface area contributed by atoms with E-state index in [1.165, 1.54) is 4.80 Å². The Morgan fingerprint density at radius 3 is 2.38 bits per heavy atom. The number of hydrogen-bond acceptors (Lipinski definition) is 6. The number of carbonyl (C=O) groups excluding carboxylic acids is 1. The van der Waals surface area contributed by atoms with Crippen molar-refractivity contribution in [3.05, 3.63) is 42.5 Å². The molecule has 0 bridgehead atoms. The summed E-state index contributed by atoms with van der Waals surface area (Å²) in [4.78, 5) is 13.9. The lowest BCUT2D eigenvalue weighted by atomic mass is 9.91. The van der Waals surface area contributed by atoms with Gasteiger partial charge in [-0.2, -0.15) is 4.80 Å². The van der Waals surface area contributed by atoms with Crippen LogP contribution in [-0.2, 0) is 7.05 Å². The first kappa shape index (κ1) is 16.4. The van der Waals surface area contributed by atoms with Gasteiger partial charge in [0.1, 0.15) is 12.7 Å². The van der Waals surface area contributed by atoms with Crippen molar-refractivity contribution in [2.75, 3.05) is 0 Å². The van der Waals surface area contributed by atoms with E-state index in [4.69, 9.17) is 0 Å². The molecule has 1 saturated carbocycles. The van der Waals surface area contributed by atoms with Gasteiger partial charge in [0.05, 0.1) is 7.05 Å². The second-order valence-electron chi connectivity index (χ2n) is 6.57. The van der Waals surface area contributed by atoms with Crippen molar-refractivity contribution >= 4 is 5.91 Å². The third-order valence-electron chi connectivity index (χ3n) is 4.80. The van der Waals surface area contributed by atoms with E-state index in [1.54, 1.807) is 31.8 Å². The molecule has 1 N–H and O–H groups in total. The highest BCUT2D eigenvalue weighted by Gasteiger charge is 2.23. The lowest BCUT2D eigenvalue weighted by molar-refractivity contribution is 0.0922. The monoisotopic (exact) mass is 352 g/mol. The Labute approximate surface area is 150 Å². The highest BCUT2D eigenvalue weighted by Crippen LogP contribution is 2.28. The van der Waals surface area contributed by atoms with Crippen molar-refractivity contribution in [1.29, 1.82) is 0 Å². The maximum atomic E-state index is 12.5. The SMILES string of the molecule is Cn1nnc(-c2ccc(C(=O)NC3CCC(n4cnnc4)CC3)cc2)n1. The van der Waals surface area contributed by atoms with E-state index in [0.717, 1.165) is 31.2 Å². The van der Waals surface area contributed by atoms with E-state index >= 15 is 0 Å². The van der Waals surface area contributed by atoms with Crippen LogP contribution in [0.2, 0.25) is 0 Å². The van der Waals surface area contributed by atoms with Gasteiger partial charge < -0.3 is 9.88 Å². The molecule has 9 heteroatoms. The molecule has 4 rings (SSSR count). The summed E-state index contributed by atoms with van der Waals surface area (Å²) in [6, 6.07) is 7.91. The predicted octanol–water partition coefficient (Wildman–Crippen LogP) is 1.38. The van der Waals surface area contributed by atoms with E-state index in [2.05, 4.69) is 35.5 Å². The number of nitrogens with zero attached hydrogens (tertiary/aromatic N) is 7. The van der Waals surface area contributed by atoms with Crippen molar-refractivity contribution in [1.82, 2.24) is 40.3 Å². The lowest BCUT2D eigenvalue weighted by Gasteiger charge is -2.29. The van der Waals surface area contributed by atoms with Crippen molar-refractivity contribution in [3.63, 3.8) is 0 Å². The molecule has 0 spiro atoms. The van der Waals surface area contributed by atoms with E-state index in [-0.39, 0.29) is 11.9 Å². The number of aromatic nitrogens is 7. The zero-order chi connectivity index (χ0) is 17.9. The molecule has 1 fully saturated rings. The smallest absolute Gasteiger partial charge is 0.251 e. The number of aryl methyl sites for hydroxylation is 1. The average Bonchev–Trinajstić information content (AvgIpc) is 3.34. The van der Waals surface area contributed by atoms with Gasteiger partial charge in [0.2, 0.25) is 5.82 Å². The van der Waals surface area contributed by atoms with Crippen molar-refractivity contribution in [2.24, 2.45) is 7.05 Å². The molecule has 1 aromatic carbocycles. The summed E-state index contributed by atoms with van der Waals surface area (Å²) >= 11 is 0. The number of hydrogen-bond donors (Lipinski definition) is 1. The molecule has 3 aromatic rings. The van der Waals surface area contributed by atoms with Crippen LogP contribution in [0.3, 0.4) is 0 Å². The summed E-state index contributed by atoms with van der Waals surface area (Å²) in [5, 5.41) is 22.8. The number of rotatable bonds is 4. The fourth-order valence-electron chi connectivity index (χ4n) is 3.35. The molecule has 1 aliphatic carbocycles. The normalized spacial score (nSPS) is 20.0. The molecule has 2 aromatic heterocycles. The summed E-state index contributed by atoms with van der Waals surface area (Å²) < 4.78 is 2.05. The Morgan fingerprint density at radius 2 is 1.77 bits per heavy atom. The number of tetrazole rings is 1. The molecule has 0 unspecified atom stereocenters. The van der Waals surface area contributed by atoms with Crippen LogP contribution in [0.1, 0.15) is 42.1 Å². The quantitative estimate of drug-likeness (QED) is 0.761. The fourth-order valence-corrected chi connectivity index (χ4v) is 3.35. The molecule has 9 nitrogen and oxygen atoms in total. The third-order valence-corrected chi connectivity index (χ3v) is 4.80. The standard InChI is InChI=1S/C17H20N8O/c1-24-22-16(21-23-24)12-2-4-13(5-3-12)17(26)20-14-6-8-15(9-7-14)25-10-18-19-11-25/h2-5,10-11,14-15H,6-9H2,1H3,(H,20,26). The van der Waals surface area contributed by atoms with Crippen LogP contribution in [0.4, 0.5) is 0 Å². The predicted molar refractivity (Wildman–Crippen MR) is 93.0 cm³/mol. The van der Waals surface area contributed by atoms with Gasteiger partial charge >= 0.3 is 0 Å². The van der Waals surface area contributed by atoms with E-state index in [0.29, 0.717) is 17.4 Å². The fraction of sp³-hybridized carbons (Fsp3) is 0.412. The Kier molecular flexibility index (Phi) is 4.42. The first-order valence-corrected chi connectivity index (χ1v) is 8.68. The van der Waals surface area contributed by atoms with Crippen LogP contribution < -0.4 is 5.32 Å². The zero-order valence-corrected chi connectivity index (χ0v) is 14.5. The summed E-state index contributed by atoms with van der Waals surface area (Å²) in [5.74, 6) is 0.503. The first-order chi connectivity index (χ1) is 12.7. The van der Waals surface area contributed by atoms with Gasteiger partial charge in [-0.3, -0.25) is 4.79 Å². The molecule has 0 saturated heterocycles. The number of nitrogens with one attached hydrogen (secondary N) is 1. The van der Waals surface area contributed by atoms with Crippen LogP contribution in [0, 0.1) is 0 Å². The third kappa shape index (κ3) is 3.46. The number of benzene rings is 1. The highest BCUT2D eigenvalue weighted by atomic mass is 16.1. The van der Waals surface area contributed by atoms with Gasteiger partial charge in [-0.15, -0.1) is 20.4 Å². The topological polar surface area (TPSA) is 103 Å². The second kappa shape index (κ2) is 7.03. The lowest BCUT2D eigenvalue weighted by Crippen LogP contribution is -2.37. The number of carbonyl (C=O) groups is 1. The van der Waals surface area contributed by atoms with E-state index in [9.17, 15) is 4.79 Å². The maximum Gasteiger partial charge on any atom is 0.251 e. The molecule has 0 atom stereocenters. The minimum absolute atomic E-state index is 0.0450. The van der Waals surface area contributed by atoms with Gasteiger partial charge in [-0.05, 0) is 43.0 Å². The minimum Gasteiger partial charge on any atom is -0.349 e. The summed E-state index contributed by atoms with van der Waals surface area (Å²) in [7, 11) is 1.72. The Morgan fingerprint density at radius 1 is 1.08 bits per heavy atom. The minimum atomic E-state index is -0.0450. The van der Waals surface area contributed by atoms with Crippen molar-refractivity contribution in [3.8, 4) is 11.4 Å². The van der Waals surface area contributed by atoms with Crippen molar-refractivity contribution in [2.45, 2.75) is 37.8 Å². The Balaban J connectivity index is 1.34. The van der Waals surface area contributed by atoms with Gasteiger partial charge in [0, 0.05) is 23.2 Å².